The Labute approximate surface area is 139 Å². The Hall–Kier alpha value is -2.75. The lowest BCUT2D eigenvalue weighted by molar-refractivity contribution is 0.0963. The minimum atomic E-state index is -0.340. The number of hydrogen-bond acceptors (Lipinski definition) is 2. The van der Waals surface area contributed by atoms with Crippen molar-refractivity contribution in [2.45, 2.75) is 25.7 Å². The maximum Gasteiger partial charge on any atom is 0.167 e. The van der Waals surface area contributed by atoms with Crippen LogP contribution in [0.15, 0.2) is 54.6 Å². The first-order valence-electron chi connectivity index (χ1n) is 8.06. The Kier molecular flexibility index (Phi) is 3.53. The summed E-state index contributed by atoms with van der Waals surface area (Å²) >= 11 is 0. The van der Waals surface area contributed by atoms with E-state index in [1.807, 2.05) is 37.3 Å². The maximum absolute atomic E-state index is 14.1. The lowest BCUT2D eigenvalue weighted by Gasteiger charge is -2.20. The fourth-order valence-electron chi connectivity index (χ4n) is 3.52. The van der Waals surface area contributed by atoms with E-state index in [2.05, 4.69) is 5.10 Å². The molecule has 0 radical (unpaired) electrons. The van der Waals surface area contributed by atoms with Crippen molar-refractivity contribution in [3.05, 3.63) is 82.9 Å². The Bertz CT molecular complexity index is 915. The third-order valence-electron chi connectivity index (χ3n) is 4.69. The number of ketones is 1. The van der Waals surface area contributed by atoms with E-state index in [0.29, 0.717) is 29.8 Å². The highest BCUT2D eigenvalue weighted by Gasteiger charge is 2.31. The molecule has 0 bridgehead atoms. The zero-order valence-electron chi connectivity index (χ0n) is 13.4. The smallest absolute Gasteiger partial charge is 0.167 e. The summed E-state index contributed by atoms with van der Waals surface area (Å²) in [6, 6.07) is 16.5. The molecule has 3 aromatic rings. The second-order valence-corrected chi connectivity index (χ2v) is 6.21. The molecule has 0 unspecified atom stereocenters. The molecule has 4 rings (SSSR count). The Morgan fingerprint density at radius 1 is 1.04 bits per heavy atom. The zero-order valence-corrected chi connectivity index (χ0v) is 13.4. The topological polar surface area (TPSA) is 34.9 Å². The number of halogens is 1. The molecule has 0 aliphatic heterocycles. The van der Waals surface area contributed by atoms with Crippen LogP contribution < -0.4 is 0 Å². The Balaban J connectivity index is 1.78. The number of para-hydroxylation sites is 1. The Morgan fingerprint density at radius 2 is 1.75 bits per heavy atom. The fraction of sp³-hybridized carbons (Fsp3) is 0.200. The molecule has 0 saturated heterocycles. The first kappa shape index (κ1) is 14.8. The van der Waals surface area contributed by atoms with E-state index in [9.17, 15) is 9.18 Å². The van der Waals surface area contributed by atoms with Crippen molar-refractivity contribution in [3.63, 3.8) is 0 Å². The van der Waals surface area contributed by atoms with E-state index in [1.54, 1.807) is 22.9 Å². The second kappa shape index (κ2) is 5.71. The van der Waals surface area contributed by atoms with Crippen LogP contribution in [0.3, 0.4) is 0 Å². The summed E-state index contributed by atoms with van der Waals surface area (Å²) in [5.41, 5.74) is 3.67. The van der Waals surface area contributed by atoms with Crippen LogP contribution in [0.4, 0.5) is 4.39 Å². The molecule has 1 atom stereocenters. The van der Waals surface area contributed by atoms with Crippen molar-refractivity contribution < 1.29 is 9.18 Å². The monoisotopic (exact) mass is 320 g/mol. The highest BCUT2D eigenvalue weighted by atomic mass is 19.1. The summed E-state index contributed by atoms with van der Waals surface area (Å²) in [5, 5.41) is 4.56. The minimum Gasteiger partial charge on any atom is -0.294 e. The minimum absolute atomic E-state index is 0.0881. The molecule has 0 N–H and O–H groups in total. The van der Waals surface area contributed by atoms with Crippen LogP contribution in [-0.4, -0.2) is 15.6 Å². The van der Waals surface area contributed by atoms with Crippen LogP contribution in [-0.2, 0) is 6.42 Å². The largest absolute Gasteiger partial charge is 0.294 e. The standard InChI is InChI=1S/C20H17FN2O/c1-13-20-17(22-23(13)18-10-6-5-9-16(18)21)11-15(12-19(20)24)14-7-3-2-4-8-14/h2-10,15H,11-12H2,1H3/t15-/m0/s1. The molecule has 1 aliphatic carbocycles. The van der Waals surface area contributed by atoms with Crippen molar-refractivity contribution >= 4 is 5.78 Å². The SMILES string of the molecule is Cc1c2c(nn1-c1ccccc1F)C[C@H](c1ccccc1)CC2=O. The van der Waals surface area contributed by atoms with Gasteiger partial charge in [-0.05, 0) is 37.0 Å². The van der Waals surface area contributed by atoms with Gasteiger partial charge in [0.15, 0.2) is 5.78 Å². The van der Waals surface area contributed by atoms with E-state index in [-0.39, 0.29) is 17.5 Å². The molecule has 3 nitrogen and oxygen atoms in total. The predicted octanol–water partition coefficient (Wildman–Crippen LogP) is 4.23. The van der Waals surface area contributed by atoms with Crippen LogP contribution in [0, 0.1) is 12.7 Å². The van der Waals surface area contributed by atoms with Crippen molar-refractivity contribution in [3.8, 4) is 5.69 Å². The third-order valence-corrected chi connectivity index (χ3v) is 4.69. The fourth-order valence-corrected chi connectivity index (χ4v) is 3.52. The van der Waals surface area contributed by atoms with E-state index in [1.165, 1.54) is 6.07 Å². The number of Topliss-reactive ketones (excluding diaryl/α,β-unsaturated/α-hetero) is 1. The zero-order chi connectivity index (χ0) is 16.7. The van der Waals surface area contributed by atoms with Gasteiger partial charge in [-0.1, -0.05) is 42.5 Å². The third kappa shape index (κ3) is 2.35. The van der Waals surface area contributed by atoms with Crippen molar-refractivity contribution in [1.82, 2.24) is 9.78 Å². The van der Waals surface area contributed by atoms with Crippen LogP contribution in [0.5, 0.6) is 0 Å². The quantitative estimate of drug-likeness (QED) is 0.708. The second-order valence-electron chi connectivity index (χ2n) is 6.21. The summed E-state index contributed by atoms with van der Waals surface area (Å²) in [6.07, 6.45) is 1.17. The van der Waals surface area contributed by atoms with Gasteiger partial charge in [-0.25, -0.2) is 9.07 Å². The number of nitrogens with zero attached hydrogens (tertiary/aromatic N) is 2. The van der Waals surface area contributed by atoms with Gasteiger partial charge in [0.1, 0.15) is 11.5 Å². The van der Waals surface area contributed by atoms with Gasteiger partial charge in [0.25, 0.3) is 0 Å². The normalized spacial score (nSPS) is 16.9. The van der Waals surface area contributed by atoms with Crippen LogP contribution in [0.25, 0.3) is 5.69 Å². The van der Waals surface area contributed by atoms with Gasteiger partial charge in [-0.3, -0.25) is 4.79 Å². The van der Waals surface area contributed by atoms with Gasteiger partial charge in [-0.15, -0.1) is 0 Å². The lowest BCUT2D eigenvalue weighted by Crippen LogP contribution is -2.18. The van der Waals surface area contributed by atoms with E-state index < -0.39 is 0 Å². The average Bonchev–Trinajstić information content (AvgIpc) is 2.93. The number of carbonyl (C=O) groups excluding carboxylic acids is 1. The summed E-state index contributed by atoms with van der Waals surface area (Å²) in [5.74, 6) is -0.118. The molecule has 120 valence electrons. The molecule has 1 aromatic heterocycles. The van der Waals surface area contributed by atoms with Crippen LogP contribution >= 0.6 is 0 Å². The first-order chi connectivity index (χ1) is 11.6. The average molecular weight is 320 g/mol. The number of rotatable bonds is 2. The highest BCUT2D eigenvalue weighted by Crippen LogP contribution is 2.34. The molecular weight excluding hydrogens is 303 g/mol. The van der Waals surface area contributed by atoms with Crippen molar-refractivity contribution in [2.75, 3.05) is 0 Å². The van der Waals surface area contributed by atoms with E-state index >= 15 is 0 Å². The lowest BCUT2D eigenvalue weighted by atomic mass is 9.82. The van der Waals surface area contributed by atoms with Gasteiger partial charge in [0.05, 0.1) is 17.0 Å². The maximum atomic E-state index is 14.1. The summed E-state index contributed by atoms with van der Waals surface area (Å²) < 4.78 is 15.7. The summed E-state index contributed by atoms with van der Waals surface area (Å²) in [7, 11) is 0. The number of carbonyl (C=O) groups is 1. The van der Waals surface area contributed by atoms with Gasteiger partial charge in [0.2, 0.25) is 0 Å². The van der Waals surface area contributed by atoms with Gasteiger partial charge in [0, 0.05) is 6.42 Å². The molecule has 2 aromatic carbocycles. The predicted molar refractivity (Wildman–Crippen MR) is 90.1 cm³/mol. The summed E-state index contributed by atoms with van der Waals surface area (Å²) in [4.78, 5) is 12.7. The number of hydrogen-bond donors (Lipinski definition) is 0. The van der Waals surface area contributed by atoms with Crippen LogP contribution in [0.2, 0.25) is 0 Å². The first-order valence-corrected chi connectivity index (χ1v) is 8.06. The Morgan fingerprint density at radius 3 is 2.50 bits per heavy atom. The number of fused-ring (bicyclic) bond motifs is 1. The molecule has 1 heterocycles. The molecule has 0 saturated carbocycles. The van der Waals surface area contributed by atoms with Crippen molar-refractivity contribution in [2.24, 2.45) is 0 Å². The van der Waals surface area contributed by atoms with E-state index in [0.717, 1.165) is 11.3 Å². The van der Waals surface area contributed by atoms with Gasteiger partial charge < -0.3 is 0 Å². The van der Waals surface area contributed by atoms with Gasteiger partial charge >= 0.3 is 0 Å². The van der Waals surface area contributed by atoms with Crippen LogP contribution in [0.1, 0.15) is 39.6 Å². The molecule has 1 aliphatic rings. The molecule has 0 spiro atoms. The summed E-state index contributed by atoms with van der Waals surface area (Å²) in [6.45, 7) is 1.83. The molecule has 24 heavy (non-hydrogen) atoms. The molecule has 0 amide bonds. The molecule has 0 fully saturated rings. The number of aromatic nitrogens is 2. The number of benzene rings is 2. The molecular formula is C20H17FN2O. The molecule has 4 heteroatoms. The van der Waals surface area contributed by atoms with Crippen molar-refractivity contribution in [1.29, 1.82) is 0 Å². The highest BCUT2D eigenvalue weighted by molar-refractivity contribution is 6.00. The van der Waals surface area contributed by atoms with Gasteiger partial charge in [-0.2, -0.15) is 5.10 Å². The van der Waals surface area contributed by atoms with E-state index in [4.69, 9.17) is 0 Å².